The molecule has 0 aliphatic carbocycles. The quantitative estimate of drug-likeness (QED) is 0.228. The Balaban J connectivity index is 1.88. The maximum Gasteiger partial charge on any atom is 0.329 e. The van der Waals surface area contributed by atoms with Crippen molar-refractivity contribution in [3.8, 4) is 11.8 Å². The van der Waals surface area contributed by atoms with Gasteiger partial charge in [0.25, 0.3) is 0 Å². The zero-order chi connectivity index (χ0) is 26.9. The maximum absolute atomic E-state index is 13.0. The van der Waals surface area contributed by atoms with E-state index in [-0.39, 0.29) is 23.4 Å². The number of carbonyl (C=O) groups is 3. The standard InChI is InChI=1S/C24H35N5O6S/c1-5-29-13-11-24(12-14-29,22(32)33)28-21(31)20(17(2)3)27-19(30)10-8-6-7-9-18-15-25-23(26-16-18)36(4,34)35/h15-17,20H,5-6,8,10-14H2,1-4H3,(H,27,30)(H,28,31)(H,32,33). The number of amides is 2. The number of sulfone groups is 1. The Morgan fingerprint density at radius 2 is 1.81 bits per heavy atom. The van der Waals surface area contributed by atoms with Crippen LogP contribution in [-0.2, 0) is 24.2 Å². The first kappa shape index (κ1) is 29.2. The Morgan fingerprint density at radius 1 is 1.19 bits per heavy atom. The molecule has 36 heavy (non-hydrogen) atoms. The monoisotopic (exact) mass is 521 g/mol. The fourth-order valence-corrected chi connectivity index (χ4v) is 4.30. The molecule has 198 valence electrons. The van der Waals surface area contributed by atoms with E-state index in [0.717, 1.165) is 12.8 Å². The number of hydrogen-bond donors (Lipinski definition) is 3. The molecular formula is C24H35N5O6S. The van der Waals surface area contributed by atoms with E-state index < -0.39 is 33.3 Å². The molecule has 1 fully saturated rings. The number of carbonyl (C=O) groups excluding carboxylic acids is 2. The molecule has 1 atom stereocenters. The largest absolute Gasteiger partial charge is 0.480 e. The number of aliphatic carboxylic acids is 1. The lowest BCUT2D eigenvalue weighted by Gasteiger charge is -2.40. The van der Waals surface area contributed by atoms with Crippen LogP contribution in [0.15, 0.2) is 17.6 Å². The molecule has 11 nitrogen and oxygen atoms in total. The second kappa shape index (κ2) is 12.8. The molecule has 0 spiro atoms. The van der Waals surface area contributed by atoms with Crippen molar-refractivity contribution in [2.24, 2.45) is 5.92 Å². The van der Waals surface area contributed by atoms with Crippen molar-refractivity contribution in [1.29, 1.82) is 0 Å². The second-order valence-electron chi connectivity index (χ2n) is 9.28. The lowest BCUT2D eigenvalue weighted by atomic mass is 9.86. The third kappa shape index (κ3) is 8.27. The van der Waals surface area contributed by atoms with Gasteiger partial charge in [0.1, 0.15) is 11.6 Å². The molecule has 1 unspecified atom stereocenters. The fraction of sp³-hybridized carbons (Fsp3) is 0.625. The number of unbranched alkanes of at least 4 members (excludes halogenated alkanes) is 1. The molecule has 0 aromatic carbocycles. The minimum atomic E-state index is -3.47. The van der Waals surface area contributed by atoms with Crippen LogP contribution in [0.1, 0.15) is 58.4 Å². The first-order chi connectivity index (χ1) is 16.9. The minimum Gasteiger partial charge on any atom is -0.480 e. The number of carboxylic acid groups (broad SMARTS) is 1. The van der Waals surface area contributed by atoms with Gasteiger partial charge in [-0.1, -0.05) is 32.6 Å². The lowest BCUT2D eigenvalue weighted by molar-refractivity contribution is -0.150. The van der Waals surface area contributed by atoms with Crippen molar-refractivity contribution in [1.82, 2.24) is 25.5 Å². The van der Waals surface area contributed by atoms with Crippen molar-refractivity contribution in [3.05, 3.63) is 18.0 Å². The number of likely N-dealkylation sites (tertiary alicyclic amines) is 1. The average molecular weight is 522 g/mol. The lowest BCUT2D eigenvalue weighted by Crippen LogP contribution is -2.63. The summed E-state index contributed by atoms with van der Waals surface area (Å²) in [5.41, 5.74) is -0.875. The summed E-state index contributed by atoms with van der Waals surface area (Å²) in [4.78, 5) is 47.2. The van der Waals surface area contributed by atoms with Crippen LogP contribution in [0.25, 0.3) is 0 Å². The van der Waals surface area contributed by atoms with E-state index in [9.17, 15) is 27.9 Å². The van der Waals surface area contributed by atoms with Crippen molar-refractivity contribution < 1.29 is 27.9 Å². The van der Waals surface area contributed by atoms with E-state index in [1.807, 2.05) is 6.92 Å². The van der Waals surface area contributed by atoms with Crippen LogP contribution in [0.4, 0.5) is 0 Å². The summed E-state index contributed by atoms with van der Waals surface area (Å²) in [5, 5.41) is 15.0. The Hall–Kier alpha value is -3.04. The number of nitrogens with one attached hydrogen (secondary N) is 2. The van der Waals surface area contributed by atoms with Gasteiger partial charge in [0.15, 0.2) is 0 Å². The molecule has 2 heterocycles. The van der Waals surface area contributed by atoms with E-state index in [4.69, 9.17) is 0 Å². The third-order valence-corrected chi connectivity index (χ3v) is 6.97. The predicted molar refractivity (Wildman–Crippen MR) is 132 cm³/mol. The SMILES string of the molecule is CCN1CCC(NC(=O)C(NC(=O)CCCC#Cc2cnc(S(C)(=O)=O)nc2)C(C)C)(C(=O)O)CC1. The molecule has 3 N–H and O–H groups in total. The third-order valence-electron chi connectivity index (χ3n) is 6.09. The van der Waals surface area contributed by atoms with Gasteiger partial charge in [0.05, 0.1) is 5.56 Å². The van der Waals surface area contributed by atoms with Crippen molar-refractivity contribution in [3.63, 3.8) is 0 Å². The Labute approximate surface area is 212 Å². The van der Waals surface area contributed by atoms with Crippen LogP contribution >= 0.6 is 0 Å². The summed E-state index contributed by atoms with van der Waals surface area (Å²) in [6, 6.07) is -0.852. The van der Waals surface area contributed by atoms with Gasteiger partial charge in [-0.15, -0.1) is 0 Å². The summed E-state index contributed by atoms with van der Waals surface area (Å²) in [6.45, 7) is 7.57. The Morgan fingerprint density at radius 3 is 2.31 bits per heavy atom. The summed E-state index contributed by atoms with van der Waals surface area (Å²) < 4.78 is 22.8. The smallest absolute Gasteiger partial charge is 0.329 e. The molecule has 2 amide bonds. The number of piperidine rings is 1. The molecule has 2 rings (SSSR count). The highest BCUT2D eigenvalue weighted by molar-refractivity contribution is 7.90. The normalized spacial score (nSPS) is 16.5. The average Bonchev–Trinajstić information content (AvgIpc) is 2.82. The van der Waals surface area contributed by atoms with E-state index >= 15 is 0 Å². The van der Waals surface area contributed by atoms with Crippen LogP contribution in [0.3, 0.4) is 0 Å². The van der Waals surface area contributed by atoms with Crippen molar-refractivity contribution >= 4 is 27.6 Å². The Kier molecular flexibility index (Phi) is 10.4. The molecule has 1 aliphatic rings. The van der Waals surface area contributed by atoms with Crippen LogP contribution < -0.4 is 10.6 Å². The molecule has 0 radical (unpaired) electrons. The van der Waals surface area contributed by atoms with Gasteiger partial charge < -0.3 is 20.6 Å². The number of carboxylic acids is 1. The van der Waals surface area contributed by atoms with Crippen LogP contribution in [0, 0.1) is 17.8 Å². The topological polar surface area (TPSA) is 159 Å². The predicted octanol–water partition coefficient (Wildman–Crippen LogP) is 0.598. The number of rotatable bonds is 10. The number of aromatic nitrogens is 2. The number of hydrogen-bond acceptors (Lipinski definition) is 8. The van der Waals surface area contributed by atoms with Gasteiger partial charge in [-0.05, 0) is 31.7 Å². The molecule has 12 heteroatoms. The highest BCUT2D eigenvalue weighted by Crippen LogP contribution is 2.23. The van der Waals surface area contributed by atoms with Crippen LogP contribution in [-0.4, -0.2) is 83.6 Å². The second-order valence-corrected chi connectivity index (χ2v) is 11.2. The van der Waals surface area contributed by atoms with Gasteiger partial charge in [-0.25, -0.2) is 23.2 Å². The molecule has 0 saturated carbocycles. The first-order valence-corrected chi connectivity index (χ1v) is 13.8. The molecule has 0 bridgehead atoms. The van der Waals surface area contributed by atoms with Gasteiger partial charge in [0, 0.05) is 44.6 Å². The minimum absolute atomic E-state index is 0.143. The highest BCUT2D eigenvalue weighted by atomic mass is 32.2. The van der Waals surface area contributed by atoms with E-state index in [2.05, 4.69) is 37.3 Å². The number of nitrogens with zero attached hydrogens (tertiary/aromatic N) is 3. The molecule has 1 aromatic rings. The van der Waals surface area contributed by atoms with Gasteiger partial charge in [-0.2, -0.15) is 0 Å². The van der Waals surface area contributed by atoms with Gasteiger partial charge >= 0.3 is 5.97 Å². The molecule has 1 aliphatic heterocycles. The van der Waals surface area contributed by atoms with Crippen LogP contribution in [0.5, 0.6) is 0 Å². The molecule has 1 saturated heterocycles. The molecular weight excluding hydrogens is 486 g/mol. The maximum atomic E-state index is 13.0. The van der Waals surface area contributed by atoms with Crippen LogP contribution in [0.2, 0.25) is 0 Å². The Bertz CT molecular complexity index is 1100. The van der Waals surface area contributed by atoms with Crippen molar-refractivity contribution in [2.45, 2.75) is 69.6 Å². The molecule has 1 aromatic heterocycles. The summed E-state index contributed by atoms with van der Waals surface area (Å²) in [6.07, 6.45) is 5.27. The first-order valence-electron chi connectivity index (χ1n) is 12.0. The fourth-order valence-electron chi connectivity index (χ4n) is 3.81. The van der Waals surface area contributed by atoms with Gasteiger partial charge in [0.2, 0.25) is 26.8 Å². The zero-order valence-corrected chi connectivity index (χ0v) is 22.0. The van der Waals surface area contributed by atoms with Crippen molar-refractivity contribution in [2.75, 3.05) is 25.9 Å². The summed E-state index contributed by atoms with van der Waals surface area (Å²) in [7, 11) is -3.47. The van der Waals surface area contributed by atoms with Gasteiger partial charge in [-0.3, -0.25) is 9.59 Å². The summed E-state index contributed by atoms with van der Waals surface area (Å²) in [5.74, 6) is 3.59. The van der Waals surface area contributed by atoms with E-state index in [1.54, 1.807) is 13.8 Å². The summed E-state index contributed by atoms with van der Waals surface area (Å²) >= 11 is 0. The zero-order valence-electron chi connectivity index (χ0n) is 21.2. The highest BCUT2D eigenvalue weighted by Gasteiger charge is 2.44. The van der Waals surface area contributed by atoms with E-state index in [0.29, 0.717) is 44.3 Å². The van der Waals surface area contributed by atoms with E-state index in [1.165, 1.54) is 12.4 Å².